The average molecular weight is 190 g/mol. The van der Waals surface area contributed by atoms with E-state index in [0.717, 1.165) is 0 Å². The number of methoxy groups -OCH3 is 1. The maximum Gasteiger partial charge on any atom is 0.514 e. The molecule has 0 spiro atoms. The molecular weight excluding hydrogens is 184 g/mol. The molecule has 0 aliphatic carbocycles. The van der Waals surface area contributed by atoms with Crippen molar-refractivity contribution in [1.82, 2.24) is 0 Å². The number of carbonyl (C=O) groups is 1. The van der Waals surface area contributed by atoms with E-state index < -0.39 is 6.16 Å². The highest BCUT2D eigenvalue weighted by Crippen LogP contribution is 2.29. The summed E-state index contributed by atoms with van der Waals surface area (Å²) >= 11 is 5.33. The van der Waals surface area contributed by atoms with Crippen molar-refractivity contribution in [3.63, 3.8) is 0 Å². The topological polar surface area (TPSA) is 35.5 Å². The van der Waals surface area contributed by atoms with E-state index in [-0.39, 0.29) is 0 Å². The highest BCUT2D eigenvalue weighted by molar-refractivity contribution is 7.80. The molecule has 3 nitrogen and oxygen atoms in total. The van der Waals surface area contributed by atoms with E-state index in [9.17, 15) is 4.79 Å². The average Bonchev–Trinajstić information content (AvgIpc) is 2.37. The van der Waals surface area contributed by atoms with Gasteiger partial charge in [-0.15, -0.1) is 24.0 Å². The molecule has 0 saturated heterocycles. The number of carbonyl (C=O) groups excluding carboxylic acids is 1. The lowest BCUT2D eigenvalue weighted by atomic mass is 10.6. The second-order valence-corrected chi connectivity index (χ2v) is 3.01. The number of ether oxygens (including phenoxy) is 2. The van der Waals surface area contributed by atoms with E-state index in [4.69, 9.17) is 4.74 Å². The molecule has 0 aliphatic rings. The van der Waals surface area contributed by atoms with Gasteiger partial charge in [-0.3, -0.25) is 0 Å². The molecule has 0 N–H and O–H groups in total. The van der Waals surface area contributed by atoms with Crippen molar-refractivity contribution in [2.24, 2.45) is 0 Å². The van der Waals surface area contributed by atoms with Crippen LogP contribution in [-0.2, 0) is 4.74 Å². The highest BCUT2D eigenvalue weighted by Gasteiger charge is 2.07. The van der Waals surface area contributed by atoms with Crippen LogP contribution in [0.2, 0.25) is 0 Å². The minimum absolute atomic E-state index is 0.459. The van der Waals surface area contributed by atoms with Crippen LogP contribution in [0.1, 0.15) is 0 Å². The molecule has 1 rings (SSSR count). The molecule has 11 heavy (non-hydrogen) atoms. The number of hydrogen-bond acceptors (Lipinski definition) is 5. The van der Waals surface area contributed by atoms with Crippen molar-refractivity contribution in [2.75, 3.05) is 7.11 Å². The van der Waals surface area contributed by atoms with E-state index in [1.165, 1.54) is 18.4 Å². The second-order valence-electron chi connectivity index (χ2n) is 1.65. The molecule has 60 valence electrons. The molecule has 0 unspecified atom stereocenters. The van der Waals surface area contributed by atoms with Crippen molar-refractivity contribution in [2.45, 2.75) is 4.90 Å². The van der Waals surface area contributed by atoms with Crippen molar-refractivity contribution >= 4 is 30.1 Å². The van der Waals surface area contributed by atoms with E-state index in [1.807, 2.05) is 0 Å². The predicted molar refractivity (Wildman–Crippen MR) is 44.6 cm³/mol. The van der Waals surface area contributed by atoms with Crippen LogP contribution < -0.4 is 4.74 Å². The summed E-state index contributed by atoms with van der Waals surface area (Å²) in [6, 6.07) is 1.74. The zero-order valence-electron chi connectivity index (χ0n) is 5.73. The Morgan fingerprint density at radius 3 is 2.91 bits per heavy atom. The smallest absolute Gasteiger partial charge is 0.437 e. The molecule has 0 aliphatic heterocycles. The van der Waals surface area contributed by atoms with Gasteiger partial charge < -0.3 is 9.47 Å². The summed E-state index contributed by atoms with van der Waals surface area (Å²) in [5, 5.41) is 2.24. The molecule has 0 aromatic carbocycles. The molecule has 0 bridgehead atoms. The molecule has 5 heteroatoms. The van der Waals surface area contributed by atoms with Gasteiger partial charge in [0.1, 0.15) is 0 Å². The van der Waals surface area contributed by atoms with Gasteiger partial charge in [-0.2, -0.15) is 0 Å². The molecule has 0 radical (unpaired) electrons. The van der Waals surface area contributed by atoms with Crippen molar-refractivity contribution in [3.05, 3.63) is 11.4 Å². The Bertz CT molecular complexity index is 256. The number of rotatable bonds is 1. The number of thiol groups is 1. The van der Waals surface area contributed by atoms with Gasteiger partial charge in [-0.1, -0.05) is 0 Å². The van der Waals surface area contributed by atoms with E-state index in [2.05, 4.69) is 17.4 Å². The highest BCUT2D eigenvalue weighted by atomic mass is 32.1. The Morgan fingerprint density at radius 1 is 1.73 bits per heavy atom. The first kappa shape index (κ1) is 8.42. The summed E-state index contributed by atoms with van der Waals surface area (Å²) in [6.45, 7) is 0. The lowest BCUT2D eigenvalue weighted by Gasteiger charge is -1.98. The third kappa shape index (κ3) is 2.13. The molecule has 0 saturated carbocycles. The standard InChI is InChI=1S/C6H6O3S2/c1-8-6(7)9-5-4(10)2-3-11-5/h2-3,10H,1H3. The van der Waals surface area contributed by atoms with Gasteiger partial charge in [-0.25, -0.2) is 4.79 Å². The first-order valence-corrected chi connectivity index (χ1v) is 4.09. The quantitative estimate of drug-likeness (QED) is 0.544. The minimum Gasteiger partial charge on any atom is -0.437 e. The number of hydrogen-bond donors (Lipinski definition) is 1. The van der Waals surface area contributed by atoms with E-state index in [1.54, 1.807) is 11.4 Å². The second kappa shape index (κ2) is 3.64. The lowest BCUT2D eigenvalue weighted by molar-refractivity contribution is 0.122. The van der Waals surface area contributed by atoms with Crippen LogP contribution in [0.15, 0.2) is 16.3 Å². The van der Waals surface area contributed by atoms with Crippen molar-refractivity contribution in [1.29, 1.82) is 0 Å². The summed E-state index contributed by atoms with van der Waals surface area (Å²) in [7, 11) is 1.26. The van der Waals surface area contributed by atoms with Gasteiger partial charge in [0, 0.05) is 0 Å². The van der Waals surface area contributed by atoms with Gasteiger partial charge in [0.15, 0.2) is 0 Å². The molecule has 0 fully saturated rings. The Hall–Kier alpha value is -0.680. The van der Waals surface area contributed by atoms with Crippen LogP contribution in [0.5, 0.6) is 5.06 Å². The third-order valence-electron chi connectivity index (χ3n) is 0.953. The normalized spacial score (nSPS) is 9.27. The predicted octanol–water partition coefficient (Wildman–Crippen LogP) is 2.18. The Morgan fingerprint density at radius 2 is 2.45 bits per heavy atom. The lowest BCUT2D eigenvalue weighted by Crippen LogP contribution is -2.06. The fourth-order valence-electron chi connectivity index (χ4n) is 0.482. The van der Waals surface area contributed by atoms with Crippen LogP contribution in [0.4, 0.5) is 4.79 Å². The van der Waals surface area contributed by atoms with Crippen LogP contribution in [-0.4, -0.2) is 13.3 Å². The zero-order chi connectivity index (χ0) is 8.27. The van der Waals surface area contributed by atoms with Gasteiger partial charge in [0.25, 0.3) is 0 Å². The van der Waals surface area contributed by atoms with Gasteiger partial charge in [0.2, 0.25) is 5.06 Å². The molecule has 0 amide bonds. The first-order valence-electron chi connectivity index (χ1n) is 2.76. The Kier molecular flexibility index (Phi) is 2.78. The summed E-state index contributed by atoms with van der Waals surface area (Å²) in [4.78, 5) is 11.2. The summed E-state index contributed by atoms with van der Waals surface area (Å²) in [5.74, 6) is 0. The van der Waals surface area contributed by atoms with Crippen LogP contribution in [0.25, 0.3) is 0 Å². The Balaban J connectivity index is 2.64. The molecular formula is C6H6O3S2. The van der Waals surface area contributed by atoms with Crippen molar-refractivity contribution < 1.29 is 14.3 Å². The minimum atomic E-state index is -0.720. The van der Waals surface area contributed by atoms with Crippen LogP contribution in [0, 0.1) is 0 Å². The molecule has 1 heterocycles. The monoisotopic (exact) mass is 190 g/mol. The maximum absolute atomic E-state index is 10.6. The third-order valence-corrected chi connectivity index (χ3v) is 2.25. The summed E-state index contributed by atoms with van der Waals surface area (Å²) < 4.78 is 9.01. The molecule has 1 aromatic rings. The van der Waals surface area contributed by atoms with Gasteiger partial charge in [-0.05, 0) is 11.4 Å². The number of thiophene rings is 1. The molecule has 0 atom stereocenters. The maximum atomic E-state index is 10.6. The van der Waals surface area contributed by atoms with Crippen LogP contribution >= 0.6 is 24.0 Å². The van der Waals surface area contributed by atoms with Gasteiger partial charge >= 0.3 is 6.16 Å². The fourth-order valence-corrected chi connectivity index (χ4v) is 1.49. The fraction of sp³-hybridized carbons (Fsp3) is 0.167. The summed E-state index contributed by atoms with van der Waals surface area (Å²) in [5.41, 5.74) is 0. The van der Waals surface area contributed by atoms with E-state index >= 15 is 0 Å². The Labute approximate surface area is 73.3 Å². The first-order chi connectivity index (χ1) is 5.24. The van der Waals surface area contributed by atoms with Crippen molar-refractivity contribution in [3.8, 4) is 5.06 Å². The summed E-state index contributed by atoms with van der Waals surface area (Å²) in [6.07, 6.45) is -0.720. The SMILES string of the molecule is COC(=O)Oc1sccc1S. The van der Waals surface area contributed by atoms with Crippen LogP contribution in [0.3, 0.4) is 0 Å². The largest absolute Gasteiger partial charge is 0.514 e. The molecule has 1 aromatic heterocycles. The zero-order valence-corrected chi connectivity index (χ0v) is 7.45. The van der Waals surface area contributed by atoms with E-state index in [0.29, 0.717) is 9.96 Å². The van der Waals surface area contributed by atoms with Gasteiger partial charge in [0.05, 0.1) is 12.0 Å².